The molecule has 0 amide bonds. The molecule has 28 heavy (non-hydrogen) atoms. The minimum absolute atomic E-state index is 0.193. The Morgan fingerprint density at radius 3 is 2.54 bits per heavy atom. The maximum atomic E-state index is 13.0. The van der Waals surface area contributed by atoms with Crippen molar-refractivity contribution in [2.75, 3.05) is 20.2 Å². The fraction of sp³-hybridized carbons (Fsp3) is 0.292. The summed E-state index contributed by atoms with van der Waals surface area (Å²) >= 11 is 0. The number of piperidine rings is 1. The molecular weight excluding hydrogens is 350 g/mol. The smallest absolute Gasteiger partial charge is 0.311 e. The molecule has 4 heteroatoms. The van der Waals surface area contributed by atoms with Gasteiger partial charge in [0.15, 0.2) is 0 Å². The number of esters is 1. The van der Waals surface area contributed by atoms with Crippen molar-refractivity contribution in [2.45, 2.75) is 24.9 Å². The molecule has 1 aliphatic rings. The lowest BCUT2D eigenvalue weighted by atomic mass is 9.84. The number of ether oxygens (including phenoxy) is 2. The van der Waals surface area contributed by atoms with E-state index in [1.165, 1.54) is 0 Å². The summed E-state index contributed by atoms with van der Waals surface area (Å²) in [5, 5.41) is 5.48. The van der Waals surface area contributed by atoms with Crippen molar-refractivity contribution >= 4 is 16.7 Å². The van der Waals surface area contributed by atoms with Crippen molar-refractivity contribution in [1.29, 1.82) is 0 Å². The Morgan fingerprint density at radius 2 is 1.79 bits per heavy atom. The molecule has 1 heterocycles. The molecule has 0 atom stereocenters. The summed E-state index contributed by atoms with van der Waals surface area (Å²) in [6.45, 7) is 1.68. The quantitative estimate of drug-likeness (QED) is 0.679. The second-order valence-electron chi connectivity index (χ2n) is 7.27. The third-order valence-corrected chi connectivity index (χ3v) is 5.53. The van der Waals surface area contributed by atoms with Gasteiger partial charge in [-0.1, -0.05) is 54.6 Å². The molecule has 0 saturated carbocycles. The Morgan fingerprint density at radius 1 is 1.00 bits per heavy atom. The number of nitrogens with one attached hydrogen (secondary N) is 1. The highest BCUT2D eigenvalue weighted by Gasteiger charge is 2.37. The van der Waals surface area contributed by atoms with E-state index in [9.17, 15) is 4.79 Å². The van der Waals surface area contributed by atoms with Crippen molar-refractivity contribution in [3.63, 3.8) is 0 Å². The van der Waals surface area contributed by atoms with E-state index in [0.717, 1.165) is 53.6 Å². The summed E-state index contributed by atoms with van der Waals surface area (Å²) in [5.74, 6) is 0.591. The lowest BCUT2D eigenvalue weighted by Crippen LogP contribution is -2.43. The topological polar surface area (TPSA) is 47.6 Å². The summed E-state index contributed by atoms with van der Waals surface area (Å²) in [7, 11) is 1.65. The standard InChI is InChI=1S/C24H25NO3/c1-27-21-11-10-18-6-5-7-19(22(18)17-21)16-23(26)28-24(12-14-25-15-13-24)20-8-3-2-4-9-20/h2-11,17,25H,12-16H2,1H3. The lowest BCUT2D eigenvalue weighted by Gasteiger charge is -2.37. The Bertz CT molecular complexity index is 962. The van der Waals surface area contributed by atoms with E-state index in [1.807, 2.05) is 54.6 Å². The van der Waals surface area contributed by atoms with E-state index in [-0.39, 0.29) is 12.4 Å². The van der Waals surface area contributed by atoms with Crippen LogP contribution in [-0.4, -0.2) is 26.2 Å². The zero-order valence-electron chi connectivity index (χ0n) is 16.1. The summed E-state index contributed by atoms with van der Waals surface area (Å²) in [6, 6.07) is 22.1. The molecule has 0 spiro atoms. The molecule has 144 valence electrons. The van der Waals surface area contributed by atoms with Gasteiger partial charge in [-0.25, -0.2) is 0 Å². The first-order valence-electron chi connectivity index (χ1n) is 9.74. The van der Waals surface area contributed by atoms with Crippen LogP contribution in [0.3, 0.4) is 0 Å². The highest BCUT2D eigenvalue weighted by molar-refractivity contribution is 5.90. The molecule has 1 saturated heterocycles. The number of hydrogen-bond acceptors (Lipinski definition) is 4. The Kier molecular flexibility index (Phi) is 5.31. The van der Waals surface area contributed by atoms with Crippen LogP contribution in [0.1, 0.15) is 24.0 Å². The van der Waals surface area contributed by atoms with E-state index in [4.69, 9.17) is 9.47 Å². The largest absolute Gasteiger partial charge is 0.497 e. The molecule has 0 radical (unpaired) electrons. The van der Waals surface area contributed by atoms with Gasteiger partial charge in [-0.15, -0.1) is 0 Å². The number of methoxy groups -OCH3 is 1. The predicted molar refractivity (Wildman–Crippen MR) is 111 cm³/mol. The van der Waals surface area contributed by atoms with Gasteiger partial charge in [0.25, 0.3) is 0 Å². The monoisotopic (exact) mass is 375 g/mol. The second kappa shape index (κ2) is 8.03. The van der Waals surface area contributed by atoms with Crippen molar-refractivity contribution < 1.29 is 14.3 Å². The summed E-state index contributed by atoms with van der Waals surface area (Å²) < 4.78 is 11.5. The van der Waals surface area contributed by atoms with Crippen LogP contribution in [0.2, 0.25) is 0 Å². The van der Waals surface area contributed by atoms with E-state index in [0.29, 0.717) is 0 Å². The minimum atomic E-state index is -0.550. The van der Waals surface area contributed by atoms with Crippen LogP contribution in [0, 0.1) is 0 Å². The zero-order chi connectivity index (χ0) is 19.4. The summed E-state index contributed by atoms with van der Waals surface area (Å²) in [5.41, 5.74) is 1.48. The number of benzene rings is 3. The molecule has 4 nitrogen and oxygen atoms in total. The number of carbonyl (C=O) groups is 1. The molecule has 0 aromatic heterocycles. The first-order chi connectivity index (χ1) is 13.7. The van der Waals surface area contributed by atoms with Gasteiger partial charge < -0.3 is 14.8 Å². The van der Waals surface area contributed by atoms with E-state index in [1.54, 1.807) is 7.11 Å². The van der Waals surface area contributed by atoms with Gasteiger partial charge in [0, 0.05) is 12.8 Å². The maximum absolute atomic E-state index is 13.0. The summed E-state index contributed by atoms with van der Waals surface area (Å²) in [6.07, 6.45) is 1.81. The number of hydrogen-bond donors (Lipinski definition) is 1. The van der Waals surface area contributed by atoms with Gasteiger partial charge in [-0.2, -0.15) is 0 Å². The van der Waals surface area contributed by atoms with E-state index in [2.05, 4.69) is 17.4 Å². The first kappa shape index (κ1) is 18.5. The zero-order valence-corrected chi connectivity index (χ0v) is 16.1. The molecule has 1 fully saturated rings. The molecule has 3 aromatic rings. The minimum Gasteiger partial charge on any atom is -0.497 e. The van der Waals surface area contributed by atoms with Gasteiger partial charge >= 0.3 is 5.97 Å². The average Bonchev–Trinajstić information content (AvgIpc) is 2.75. The molecule has 0 aliphatic carbocycles. The average molecular weight is 375 g/mol. The molecule has 1 aliphatic heterocycles. The molecule has 0 bridgehead atoms. The number of rotatable bonds is 5. The van der Waals surface area contributed by atoms with Crippen molar-refractivity contribution in [1.82, 2.24) is 5.32 Å². The summed E-state index contributed by atoms with van der Waals surface area (Å²) in [4.78, 5) is 13.0. The molecule has 4 rings (SSSR count). The second-order valence-corrected chi connectivity index (χ2v) is 7.27. The van der Waals surface area contributed by atoms with Crippen LogP contribution in [0.15, 0.2) is 66.7 Å². The van der Waals surface area contributed by atoms with Crippen LogP contribution in [0.5, 0.6) is 5.75 Å². The third-order valence-electron chi connectivity index (χ3n) is 5.53. The SMILES string of the molecule is COc1ccc2cccc(CC(=O)OC3(c4ccccc4)CCNCC3)c2c1. The fourth-order valence-corrected chi connectivity index (χ4v) is 4.03. The van der Waals surface area contributed by atoms with E-state index < -0.39 is 5.60 Å². The Hall–Kier alpha value is -2.85. The van der Waals surface area contributed by atoms with Crippen LogP contribution in [0.4, 0.5) is 0 Å². The third kappa shape index (κ3) is 3.73. The van der Waals surface area contributed by atoms with Gasteiger partial charge in [-0.05, 0) is 47.1 Å². The van der Waals surface area contributed by atoms with Crippen molar-refractivity contribution in [3.05, 3.63) is 77.9 Å². The molecular formula is C24H25NO3. The van der Waals surface area contributed by atoms with Crippen LogP contribution >= 0.6 is 0 Å². The van der Waals surface area contributed by atoms with Gasteiger partial charge in [0.2, 0.25) is 0 Å². The molecule has 1 N–H and O–H groups in total. The van der Waals surface area contributed by atoms with Gasteiger partial charge in [0.1, 0.15) is 11.4 Å². The predicted octanol–water partition coefficient (Wildman–Crippen LogP) is 4.21. The fourth-order valence-electron chi connectivity index (χ4n) is 4.03. The lowest BCUT2D eigenvalue weighted by molar-refractivity contribution is -0.163. The normalized spacial score (nSPS) is 15.9. The van der Waals surface area contributed by atoms with Gasteiger partial charge in [0.05, 0.1) is 13.5 Å². The van der Waals surface area contributed by atoms with E-state index >= 15 is 0 Å². The highest BCUT2D eigenvalue weighted by atomic mass is 16.6. The molecule has 3 aromatic carbocycles. The van der Waals surface area contributed by atoms with Crippen LogP contribution in [-0.2, 0) is 21.6 Å². The van der Waals surface area contributed by atoms with Crippen LogP contribution < -0.4 is 10.1 Å². The van der Waals surface area contributed by atoms with Crippen molar-refractivity contribution in [2.24, 2.45) is 0 Å². The van der Waals surface area contributed by atoms with Crippen LogP contribution in [0.25, 0.3) is 10.8 Å². The maximum Gasteiger partial charge on any atom is 0.311 e. The number of carbonyl (C=O) groups excluding carboxylic acids is 1. The first-order valence-corrected chi connectivity index (χ1v) is 9.74. The molecule has 0 unspecified atom stereocenters. The highest BCUT2D eigenvalue weighted by Crippen LogP contribution is 2.35. The van der Waals surface area contributed by atoms with Crippen molar-refractivity contribution in [3.8, 4) is 5.75 Å². The number of fused-ring (bicyclic) bond motifs is 1. The Balaban J connectivity index is 1.60. The van der Waals surface area contributed by atoms with Gasteiger partial charge in [-0.3, -0.25) is 4.79 Å². The Labute approximate surface area is 165 Å².